The first-order chi connectivity index (χ1) is 8.95. The van der Waals surface area contributed by atoms with Crippen molar-refractivity contribution in [3.05, 3.63) is 46.8 Å². The molecule has 0 aliphatic rings. The standard InChI is InChI=1S/C14H16N2O3/c1-8-5-10(7-15)9(2)16(8)11-3-4-12(14(18)19)13(17)6-11/h3-6,17H,7,15H2,1-2H3,(H,18,19). The monoisotopic (exact) mass is 260 g/mol. The highest BCUT2D eigenvalue weighted by Crippen LogP contribution is 2.25. The number of nitrogens with zero attached hydrogens (tertiary/aromatic N) is 1. The maximum absolute atomic E-state index is 10.9. The predicted octanol–water partition coefficient (Wildman–Crippen LogP) is 1.96. The number of aromatic nitrogens is 1. The molecule has 19 heavy (non-hydrogen) atoms. The number of carbonyl (C=O) groups is 1. The molecule has 0 aliphatic carbocycles. The SMILES string of the molecule is Cc1cc(CN)c(C)n1-c1ccc(C(=O)O)c(O)c1. The van der Waals surface area contributed by atoms with Crippen molar-refractivity contribution in [1.82, 2.24) is 4.57 Å². The van der Waals surface area contributed by atoms with Crippen LogP contribution in [-0.4, -0.2) is 20.7 Å². The maximum Gasteiger partial charge on any atom is 0.339 e. The van der Waals surface area contributed by atoms with Crippen LogP contribution >= 0.6 is 0 Å². The van der Waals surface area contributed by atoms with Gasteiger partial charge in [0.15, 0.2) is 0 Å². The Morgan fingerprint density at radius 1 is 1.32 bits per heavy atom. The minimum atomic E-state index is -1.15. The average molecular weight is 260 g/mol. The number of carboxylic acids is 1. The summed E-state index contributed by atoms with van der Waals surface area (Å²) in [5.41, 5.74) is 9.28. The van der Waals surface area contributed by atoms with Crippen molar-refractivity contribution in [1.29, 1.82) is 0 Å². The first kappa shape index (κ1) is 13.2. The zero-order chi connectivity index (χ0) is 14.2. The molecule has 0 amide bonds. The highest BCUT2D eigenvalue weighted by Gasteiger charge is 2.13. The van der Waals surface area contributed by atoms with Crippen molar-refractivity contribution in [2.45, 2.75) is 20.4 Å². The molecule has 2 aromatic rings. The topological polar surface area (TPSA) is 88.5 Å². The molecule has 0 aliphatic heterocycles. The van der Waals surface area contributed by atoms with Crippen LogP contribution in [0.2, 0.25) is 0 Å². The number of aromatic carboxylic acids is 1. The molecule has 0 bridgehead atoms. The fraction of sp³-hybridized carbons (Fsp3) is 0.214. The molecular weight excluding hydrogens is 244 g/mol. The number of rotatable bonds is 3. The number of hydrogen-bond donors (Lipinski definition) is 3. The molecular formula is C14H16N2O3. The molecule has 5 heteroatoms. The summed E-state index contributed by atoms with van der Waals surface area (Å²) in [6.07, 6.45) is 0. The number of phenols is 1. The smallest absolute Gasteiger partial charge is 0.339 e. The normalized spacial score (nSPS) is 10.7. The van der Waals surface area contributed by atoms with Crippen LogP contribution in [0, 0.1) is 13.8 Å². The molecule has 4 N–H and O–H groups in total. The third-order valence-corrected chi connectivity index (χ3v) is 3.23. The van der Waals surface area contributed by atoms with E-state index in [2.05, 4.69) is 0 Å². The van der Waals surface area contributed by atoms with Gasteiger partial charge in [0.1, 0.15) is 11.3 Å². The molecule has 0 spiro atoms. The zero-order valence-corrected chi connectivity index (χ0v) is 10.8. The van der Waals surface area contributed by atoms with E-state index in [4.69, 9.17) is 10.8 Å². The Morgan fingerprint density at radius 3 is 2.47 bits per heavy atom. The van der Waals surface area contributed by atoms with Gasteiger partial charge in [0.2, 0.25) is 0 Å². The van der Waals surface area contributed by atoms with Gasteiger partial charge >= 0.3 is 5.97 Å². The number of carboxylic acid groups (broad SMARTS) is 1. The van der Waals surface area contributed by atoms with E-state index >= 15 is 0 Å². The van der Waals surface area contributed by atoms with E-state index in [1.54, 1.807) is 6.07 Å². The van der Waals surface area contributed by atoms with E-state index in [0.29, 0.717) is 6.54 Å². The number of aryl methyl sites for hydroxylation is 1. The second kappa shape index (κ2) is 4.78. The van der Waals surface area contributed by atoms with Crippen molar-refractivity contribution in [3.8, 4) is 11.4 Å². The molecule has 0 saturated carbocycles. The van der Waals surface area contributed by atoms with Crippen LogP contribution < -0.4 is 5.73 Å². The Hall–Kier alpha value is -2.27. The summed E-state index contributed by atoms with van der Waals surface area (Å²) < 4.78 is 1.94. The highest BCUT2D eigenvalue weighted by atomic mass is 16.4. The van der Waals surface area contributed by atoms with Gasteiger partial charge in [-0.15, -0.1) is 0 Å². The fourth-order valence-electron chi connectivity index (χ4n) is 2.27. The van der Waals surface area contributed by atoms with E-state index < -0.39 is 5.97 Å². The van der Waals surface area contributed by atoms with E-state index in [9.17, 15) is 9.90 Å². The second-order valence-corrected chi connectivity index (χ2v) is 4.44. The lowest BCUT2D eigenvalue weighted by atomic mass is 10.1. The Morgan fingerprint density at radius 2 is 2.00 bits per heavy atom. The molecule has 1 aromatic carbocycles. The Balaban J connectivity index is 2.57. The largest absolute Gasteiger partial charge is 0.507 e. The van der Waals surface area contributed by atoms with Gasteiger partial charge in [0.05, 0.1) is 0 Å². The molecule has 0 radical (unpaired) electrons. The van der Waals surface area contributed by atoms with Gasteiger partial charge in [-0.1, -0.05) is 0 Å². The summed E-state index contributed by atoms with van der Waals surface area (Å²) in [5, 5.41) is 18.6. The van der Waals surface area contributed by atoms with Gasteiger partial charge < -0.3 is 20.5 Å². The number of benzene rings is 1. The minimum absolute atomic E-state index is 0.106. The van der Waals surface area contributed by atoms with Crippen LogP contribution in [0.3, 0.4) is 0 Å². The van der Waals surface area contributed by atoms with Crippen molar-refractivity contribution < 1.29 is 15.0 Å². The first-order valence-electron chi connectivity index (χ1n) is 5.90. The summed E-state index contributed by atoms with van der Waals surface area (Å²) in [5.74, 6) is -1.39. The van der Waals surface area contributed by atoms with Gasteiger partial charge in [-0.3, -0.25) is 0 Å². The number of nitrogens with two attached hydrogens (primary N) is 1. The fourth-order valence-corrected chi connectivity index (χ4v) is 2.27. The molecule has 0 unspecified atom stereocenters. The number of aromatic hydroxyl groups is 1. The predicted molar refractivity (Wildman–Crippen MR) is 71.8 cm³/mol. The van der Waals surface area contributed by atoms with Crippen molar-refractivity contribution in [2.75, 3.05) is 0 Å². The highest BCUT2D eigenvalue weighted by molar-refractivity contribution is 5.91. The van der Waals surface area contributed by atoms with Crippen molar-refractivity contribution in [3.63, 3.8) is 0 Å². The van der Waals surface area contributed by atoms with Gasteiger partial charge in [-0.2, -0.15) is 0 Å². The maximum atomic E-state index is 10.9. The third kappa shape index (κ3) is 2.20. The lowest BCUT2D eigenvalue weighted by Gasteiger charge is -2.11. The van der Waals surface area contributed by atoms with Crippen LogP contribution in [0.4, 0.5) is 0 Å². The van der Waals surface area contributed by atoms with Crippen LogP contribution in [0.1, 0.15) is 27.3 Å². The van der Waals surface area contributed by atoms with Crippen molar-refractivity contribution >= 4 is 5.97 Å². The molecule has 1 heterocycles. The van der Waals surface area contributed by atoms with Gasteiger partial charge in [0.25, 0.3) is 0 Å². The lowest BCUT2D eigenvalue weighted by molar-refractivity contribution is 0.0694. The first-order valence-corrected chi connectivity index (χ1v) is 5.90. The third-order valence-electron chi connectivity index (χ3n) is 3.23. The van der Waals surface area contributed by atoms with E-state index in [1.807, 2.05) is 24.5 Å². The van der Waals surface area contributed by atoms with E-state index in [1.165, 1.54) is 12.1 Å². The van der Waals surface area contributed by atoms with Crippen LogP contribution in [0.5, 0.6) is 5.75 Å². The quantitative estimate of drug-likeness (QED) is 0.787. The molecule has 0 saturated heterocycles. The van der Waals surface area contributed by atoms with Gasteiger partial charge in [-0.25, -0.2) is 4.79 Å². The number of hydrogen-bond acceptors (Lipinski definition) is 3. The molecule has 1 aromatic heterocycles. The molecule has 2 rings (SSSR count). The average Bonchev–Trinajstić information content (AvgIpc) is 2.63. The van der Waals surface area contributed by atoms with E-state index in [0.717, 1.165) is 22.6 Å². The Kier molecular flexibility index (Phi) is 3.31. The van der Waals surface area contributed by atoms with Crippen LogP contribution in [0.15, 0.2) is 24.3 Å². The van der Waals surface area contributed by atoms with E-state index in [-0.39, 0.29) is 11.3 Å². The minimum Gasteiger partial charge on any atom is -0.507 e. The summed E-state index contributed by atoms with van der Waals surface area (Å²) in [6, 6.07) is 6.50. The van der Waals surface area contributed by atoms with Crippen LogP contribution in [-0.2, 0) is 6.54 Å². The second-order valence-electron chi connectivity index (χ2n) is 4.44. The van der Waals surface area contributed by atoms with Gasteiger partial charge in [-0.05, 0) is 37.6 Å². The summed E-state index contributed by atoms with van der Waals surface area (Å²) in [7, 11) is 0. The summed E-state index contributed by atoms with van der Waals surface area (Å²) in [6.45, 7) is 4.32. The molecule has 100 valence electrons. The Bertz CT molecular complexity index is 644. The summed E-state index contributed by atoms with van der Waals surface area (Å²) >= 11 is 0. The zero-order valence-electron chi connectivity index (χ0n) is 10.8. The lowest BCUT2D eigenvalue weighted by Crippen LogP contribution is -2.03. The summed E-state index contributed by atoms with van der Waals surface area (Å²) in [4.78, 5) is 10.9. The van der Waals surface area contributed by atoms with Crippen molar-refractivity contribution in [2.24, 2.45) is 5.73 Å². The molecule has 0 atom stereocenters. The molecule has 5 nitrogen and oxygen atoms in total. The van der Waals surface area contributed by atoms with Gasteiger partial charge in [0, 0.05) is 29.7 Å². The van der Waals surface area contributed by atoms with Crippen LogP contribution in [0.25, 0.3) is 5.69 Å². The Labute approximate surface area is 110 Å². The molecule has 0 fully saturated rings.